The Balaban J connectivity index is 1.59. The molecule has 1 aromatic rings. The zero-order valence-electron chi connectivity index (χ0n) is 16.3. The maximum absolute atomic E-state index is 6.19. The quantitative estimate of drug-likeness (QED) is 0.636. The van der Waals surface area contributed by atoms with Crippen molar-refractivity contribution >= 4 is 5.96 Å². The number of guanidine groups is 1. The zero-order chi connectivity index (χ0) is 19.0. The predicted octanol–water partition coefficient (Wildman–Crippen LogP) is 1.60. The van der Waals surface area contributed by atoms with Crippen molar-refractivity contribution in [2.75, 3.05) is 13.2 Å². The lowest BCUT2D eigenvalue weighted by molar-refractivity contribution is -0.0340. The maximum Gasteiger partial charge on any atom is 0.209 e. The van der Waals surface area contributed by atoms with Gasteiger partial charge in [0.05, 0.1) is 0 Å². The number of piperidine rings is 1. The van der Waals surface area contributed by atoms with Gasteiger partial charge in [-0.25, -0.2) is 4.99 Å². The van der Waals surface area contributed by atoms with Crippen molar-refractivity contribution in [3.05, 3.63) is 29.8 Å². The van der Waals surface area contributed by atoms with Crippen LogP contribution in [0, 0.1) is 0 Å². The number of ether oxygens (including phenoxy) is 1. The highest BCUT2D eigenvalue weighted by Gasteiger charge is 2.40. The van der Waals surface area contributed by atoms with Crippen molar-refractivity contribution in [2.24, 2.45) is 16.5 Å². The van der Waals surface area contributed by atoms with Crippen molar-refractivity contribution in [1.82, 2.24) is 15.8 Å². The van der Waals surface area contributed by atoms with Crippen molar-refractivity contribution in [1.29, 1.82) is 0 Å². The summed E-state index contributed by atoms with van der Waals surface area (Å²) in [6, 6.07) is 7.64. The molecule has 0 amide bonds. The Hall–Kier alpha value is -1.83. The average Bonchev–Trinajstić information content (AvgIpc) is 2.90. The number of benzene rings is 1. The van der Waals surface area contributed by atoms with E-state index < -0.39 is 5.79 Å². The molecule has 7 nitrogen and oxygen atoms in total. The van der Waals surface area contributed by atoms with E-state index in [-0.39, 0.29) is 17.0 Å². The molecule has 144 valence electrons. The average molecular weight is 361 g/mol. The SMILES string of the molecule is CC1(C)CCCC(C)(C)N1CCOc1ccc(C2(N)N=C(N)NN2)cc1. The van der Waals surface area contributed by atoms with Gasteiger partial charge in [-0.2, -0.15) is 5.43 Å². The van der Waals surface area contributed by atoms with Gasteiger partial charge in [-0.3, -0.25) is 16.1 Å². The van der Waals surface area contributed by atoms with E-state index in [0.717, 1.165) is 17.9 Å². The Morgan fingerprint density at radius 1 is 1.12 bits per heavy atom. The van der Waals surface area contributed by atoms with Gasteiger partial charge in [-0.1, -0.05) is 12.1 Å². The molecular weight excluding hydrogens is 328 g/mol. The van der Waals surface area contributed by atoms with Crippen LogP contribution < -0.4 is 27.1 Å². The molecule has 1 aromatic carbocycles. The topological polar surface area (TPSA) is 101 Å². The van der Waals surface area contributed by atoms with Crippen LogP contribution in [-0.4, -0.2) is 35.1 Å². The summed E-state index contributed by atoms with van der Waals surface area (Å²) >= 11 is 0. The Morgan fingerprint density at radius 3 is 2.27 bits per heavy atom. The van der Waals surface area contributed by atoms with Crippen molar-refractivity contribution in [2.45, 2.75) is 63.8 Å². The molecule has 2 aliphatic rings. The molecule has 1 saturated heterocycles. The third kappa shape index (κ3) is 3.79. The smallest absolute Gasteiger partial charge is 0.209 e. The van der Waals surface area contributed by atoms with Gasteiger partial charge >= 0.3 is 0 Å². The Bertz CT molecular complexity index is 653. The fourth-order valence-electron chi connectivity index (χ4n) is 4.25. The molecule has 2 aliphatic heterocycles. The summed E-state index contributed by atoms with van der Waals surface area (Å²) in [6.07, 6.45) is 3.75. The molecule has 2 heterocycles. The summed E-state index contributed by atoms with van der Waals surface area (Å²) in [4.78, 5) is 6.76. The molecule has 3 rings (SSSR count). The number of hydrogen-bond acceptors (Lipinski definition) is 7. The van der Waals surface area contributed by atoms with Crippen LogP contribution in [-0.2, 0) is 5.79 Å². The summed E-state index contributed by atoms with van der Waals surface area (Å²) in [7, 11) is 0. The summed E-state index contributed by atoms with van der Waals surface area (Å²) in [6.45, 7) is 10.9. The fourth-order valence-corrected chi connectivity index (χ4v) is 4.25. The van der Waals surface area contributed by atoms with Crippen LogP contribution in [0.25, 0.3) is 0 Å². The number of nitrogens with two attached hydrogens (primary N) is 2. The number of rotatable bonds is 5. The van der Waals surface area contributed by atoms with Crippen molar-refractivity contribution < 1.29 is 4.74 Å². The van der Waals surface area contributed by atoms with Gasteiger partial charge in [0.1, 0.15) is 12.4 Å². The van der Waals surface area contributed by atoms with E-state index >= 15 is 0 Å². The summed E-state index contributed by atoms with van der Waals surface area (Å²) < 4.78 is 5.99. The van der Waals surface area contributed by atoms with E-state index in [4.69, 9.17) is 16.2 Å². The van der Waals surface area contributed by atoms with Crippen LogP contribution in [0.1, 0.15) is 52.5 Å². The largest absolute Gasteiger partial charge is 0.492 e. The monoisotopic (exact) mass is 360 g/mol. The minimum Gasteiger partial charge on any atom is -0.492 e. The van der Waals surface area contributed by atoms with Crippen LogP contribution in [0.5, 0.6) is 5.75 Å². The Morgan fingerprint density at radius 2 is 1.73 bits per heavy atom. The highest BCUT2D eigenvalue weighted by Crippen LogP contribution is 2.37. The number of nitrogens with one attached hydrogen (secondary N) is 2. The molecule has 0 spiro atoms. The first-order chi connectivity index (χ1) is 12.1. The highest BCUT2D eigenvalue weighted by atomic mass is 16.5. The van der Waals surface area contributed by atoms with Gasteiger partial charge in [-0.05, 0) is 59.1 Å². The summed E-state index contributed by atoms with van der Waals surface area (Å²) in [5.74, 6) is 0.0669. The minimum absolute atomic E-state index is 0.208. The maximum atomic E-state index is 6.19. The second-order valence-electron chi connectivity index (χ2n) is 8.52. The standard InChI is InChI=1S/C19H32N6O/c1-17(2)10-5-11-18(3,4)25(17)12-13-26-15-8-6-14(7-9-15)19(21)22-16(20)23-24-19/h6-9,24H,5,10-13,21H2,1-4H3,(H3,20,22,23). The summed E-state index contributed by atoms with van der Waals surface area (Å²) in [5.41, 5.74) is 18.6. The predicted molar refractivity (Wildman–Crippen MR) is 104 cm³/mol. The van der Waals surface area contributed by atoms with Crippen LogP contribution in [0.3, 0.4) is 0 Å². The Labute approximate surface area is 156 Å². The highest BCUT2D eigenvalue weighted by molar-refractivity contribution is 5.79. The van der Waals surface area contributed by atoms with Crippen molar-refractivity contribution in [3.63, 3.8) is 0 Å². The number of hydrogen-bond donors (Lipinski definition) is 4. The van der Waals surface area contributed by atoms with Gasteiger partial charge in [0.15, 0.2) is 0 Å². The molecule has 7 heteroatoms. The second-order valence-corrected chi connectivity index (χ2v) is 8.52. The van der Waals surface area contributed by atoms with Crippen LogP contribution in [0.2, 0.25) is 0 Å². The molecule has 0 bridgehead atoms. The Kier molecular flexibility index (Phi) is 4.90. The van der Waals surface area contributed by atoms with Crippen LogP contribution >= 0.6 is 0 Å². The molecule has 0 aliphatic carbocycles. The first-order valence-electron chi connectivity index (χ1n) is 9.31. The first-order valence-corrected chi connectivity index (χ1v) is 9.31. The van der Waals surface area contributed by atoms with Crippen LogP contribution in [0.15, 0.2) is 29.3 Å². The van der Waals surface area contributed by atoms with E-state index in [1.165, 1.54) is 19.3 Å². The lowest BCUT2D eigenvalue weighted by Crippen LogP contribution is -2.59. The molecule has 1 unspecified atom stereocenters. The zero-order valence-corrected chi connectivity index (χ0v) is 16.3. The summed E-state index contributed by atoms with van der Waals surface area (Å²) in [5, 5.41) is 0. The molecule has 0 aromatic heterocycles. The fraction of sp³-hybridized carbons (Fsp3) is 0.632. The van der Waals surface area contributed by atoms with E-state index in [9.17, 15) is 0 Å². The minimum atomic E-state index is -1.04. The van der Waals surface area contributed by atoms with Gasteiger partial charge in [0, 0.05) is 23.2 Å². The van der Waals surface area contributed by atoms with Crippen LogP contribution in [0.4, 0.5) is 0 Å². The molecule has 26 heavy (non-hydrogen) atoms. The number of nitrogens with zero attached hydrogens (tertiary/aromatic N) is 2. The third-order valence-electron chi connectivity index (χ3n) is 5.59. The molecule has 0 radical (unpaired) electrons. The third-order valence-corrected chi connectivity index (χ3v) is 5.59. The van der Waals surface area contributed by atoms with E-state index in [1.54, 1.807) is 0 Å². The molecule has 0 saturated carbocycles. The molecular formula is C19H32N6O. The van der Waals surface area contributed by atoms with Gasteiger partial charge in [0.2, 0.25) is 11.7 Å². The second kappa shape index (κ2) is 6.72. The van der Waals surface area contributed by atoms with E-state index in [2.05, 4.69) is 48.4 Å². The lowest BCUT2D eigenvalue weighted by Gasteiger charge is -2.53. The van der Waals surface area contributed by atoms with E-state index in [0.29, 0.717) is 6.61 Å². The number of likely N-dealkylation sites (tertiary alicyclic amines) is 1. The first kappa shape index (κ1) is 18.9. The molecule has 6 N–H and O–H groups in total. The normalized spacial score (nSPS) is 27.7. The van der Waals surface area contributed by atoms with Gasteiger partial charge < -0.3 is 10.5 Å². The number of hydrazine groups is 1. The van der Waals surface area contributed by atoms with Crippen molar-refractivity contribution in [3.8, 4) is 5.75 Å². The molecule has 1 fully saturated rings. The van der Waals surface area contributed by atoms with E-state index in [1.807, 2.05) is 24.3 Å². The number of aliphatic imine (C=N–C) groups is 1. The van der Waals surface area contributed by atoms with Gasteiger partial charge in [-0.15, -0.1) is 0 Å². The molecule has 1 atom stereocenters. The lowest BCUT2D eigenvalue weighted by atomic mass is 9.80. The van der Waals surface area contributed by atoms with Gasteiger partial charge in [0.25, 0.3) is 0 Å².